The SMILES string of the molecule is CCCCCCCCCCCCN(CCCCCCCCCCCC)c1ccccc1.O=C(O)C(O)C(=O)O. The van der Waals surface area contributed by atoms with Gasteiger partial charge in [-0.05, 0) is 25.0 Å². The van der Waals surface area contributed by atoms with Crippen molar-refractivity contribution in [3.05, 3.63) is 30.3 Å². The molecule has 226 valence electrons. The Morgan fingerprint density at radius 3 is 1.15 bits per heavy atom. The van der Waals surface area contributed by atoms with Gasteiger partial charge in [0.2, 0.25) is 6.10 Å². The molecule has 0 aromatic heterocycles. The maximum atomic E-state index is 9.51. The molecule has 0 aliphatic carbocycles. The van der Waals surface area contributed by atoms with Gasteiger partial charge in [0.25, 0.3) is 0 Å². The Balaban J connectivity index is 0.00000156. The Labute approximate surface area is 239 Å². The zero-order valence-corrected chi connectivity index (χ0v) is 25.1. The molecule has 0 bridgehead atoms. The van der Waals surface area contributed by atoms with Crippen molar-refractivity contribution in [3.63, 3.8) is 0 Å². The molecule has 39 heavy (non-hydrogen) atoms. The molecule has 0 heterocycles. The molecule has 0 atom stereocenters. The molecule has 0 aliphatic heterocycles. The topological polar surface area (TPSA) is 98.1 Å². The second-order valence-corrected chi connectivity index (χ2v) is 10.8. The number of hydrogen-bond donors (Lipinski definition) is 3. The van der Waals surface area contributed by atoms with Gasteiger partial charge in [0.15, 0.2) is 0 Å². The monoisotopic (exact) mass is 549 g/mol. The number of benzene rings is 1. The minimum Gasteiger partial charge on any atom is -0.479 e. The summed E-state index contributed by atoms with van der Waals surface area (Å²) in [6.07, 6.45) is 26.1. The lowest BCUT2D eigenvalue weighted by molar-refractivity contribution is -0.161. The number of aliphatic hydroxyl groups excluding tert-OH is 1. The van der Waals surface area contributed by atoms with E-state index in [1.807, 2.05) is 0 Å². The second-order valence-electron chi connectivity index (χ2n) is 10.8. The van der Waals surface area contributed by atoms with Gasteiger partial charge in [0.05, 0.1) is 0 Å². The quantitative estimate of drug-likeness (QED) is 0.0832. The number of nitrogens with zero attached hydrogens (tertiary/aromatic N) is 1. The molecule has 1 aromatic rings. The average molecular weight is 550 g/mol. The molecule has 0 aliphatic rings. The molecule has 3 N–H and O–H groups in total. The number of anilines is 1. The molecule has 6 nitrogen and oxygen atoms in total. The summed E-state index contributed by atoms with van der Waals surface area (Å²) >= 11 is 0. The summed E-state index contributed by atoms with van der Waals surface area (Å²) in [5, 5.41) is 23.4. The van der Waals surface area contributed by atoms with Crippen LogP contribution in [0.25, 0.3) is 0 Å². The van der Waals surface area contributed by atoms with Crippen LogP contribution in [-0.2, 0) is 9.59 Å². The largest absolute Gasteiger partial charge is 0.479 e. The molecule has 0 fully saturated rings. The van der Waals surface area contributed by atoms with Gasteiger partial charge >= 0.3 is 11.9 Å². The minimum absolute atomic E-state index is 1.23. The minimum atomic E-state index is -2.30. The van der Waals surface area contributed by atoms with Crippen LogP contribution in [0.1, 0.15) is 142 Å². The smallest absolute Gasteiger partial charge is 0.344 e. The predicted octanol–water partition coefficient (Wildman–Crippen LogP) is 8.85. The highest BCUT2D eigenvalue weighted by Crippen LogP contribution is 2.18. The molecular weight excluding hydrogens is 490 g/mol. The normalized spacial score (nSPS) is 10.8. The van der Waals surface area contributed by atoms with Crippen molar-refractivity contribution in [2.24, 2.45) is 0 Å². The Kier molecular flexibility index (Phi) is 26.0. The Hall–Kier alpha value is -2.08. The highest BCUT2D eigenvalue weighted by atomic mass is 16.4. The van der Waals surface area contributed by atoms with Gasteiger partial charge in [0, 0.05) is 18.8 Å². The van der Waals surface area contributed by atoms with Gasteiger partial charge < -0.3 is 20.2 Å². The van der Waals surface area contributed by atoms with Crippen LogP contribution in [0, 0.1) is 0 Å². The Morgan fingerprint density at radius 2 is 0.872 bits per heavy atom. The van der Waals surface area contributed by atoms with Crippen molar-refractivity contribution < 1.29 is 24.9 Å². The Morgan fingerprint density at radius 1 is 0.564 bits per heavy atom. The fourth-order valence-electron chi connectivity index (χ4n) is 4.69. The first-order valence-corrected chi connectivity index (χ1v) is 15.9. The summed E-state index contributed by atoms with van der Waals surface area (Å²) < 4.78 is 0. The maximum Gasteiger partial charge on any atom is 0.344 e. The first-order chi connectivity index (χ1) is 18.9. The van der Waals surface area contributed by atoms with Crippen LogP contribution < -0.4 is 4.90 Å². The van der Waals surface area contributed by atoms with E-state index in [1.54, 1.807) is 0 Å². The first-order valence-electron chi connectivity index (χ1n) is 15.9. The standard InChI is InChI=1S/C30H55N.C3H4O5/c1-3-5-7-9-11-13-15-17-19-24-28-31(30-26-22-21-23-27-30)29-25-20-18-16-14-12-10-8-6-4-2;4-1(2(5)6)3(7)8/h21-23,26-27H,3-20,24-25,28-29H2,1-2H3;1,4H,(H,5,6)(H,7,8). The summed E-state index contributed by atoms with van der Waals surface area (Å²) in [6.45, 7) is 7.07. The van der Waals surface area contributed by atoms with E-state index in [0.29, 0.717) is 0 Å². The third-order valence-corrected chi connectivity index (χ3v) is 7.15. The van der Waals surface area contributed by atoms with Gasteiger partial charge in [-0.3, -0.25) is 0 Å². The molecule has 1 aromatic carbocycles. The zero-order chi connectivity index (χ0) is 29.0. The van der Waals surface area contributed by atoms with E-state index in [1.165, 1.54) is 147 Å². The number of aliphatic hydroxyl groups is 1. The third kappa shape index (κ3) is 23.5. The van der Waals surface area contributed by atoms with E-state index < -0.39 is 18.0 Å². The van der Waals surface area contributed by atoms with E-state index in [9.17, 15) is 9.59 Å². The van der Waals surface area contributed by atoms with Crippen LogP contribution in [-0.4, -0.2) is 46.5 Å². The maximum absolute atomic E-state index is 9.51. The van der Waals surface area contributed by atoms with Crippen molar-refractivity contribution in [1.82, 2.24) is 0 Å². The van der Waals surface area contributed by atoms with Crippen molar-refractivity contribution in [1.29, 1.82) is 0 Å². The Bertz CT molecular complexity index is 644. The second kappa shape index (κ2) is 27.5. The van der Waals surface area contributed by atoms with E-state index in [0.717, 1.165) is 0 Å². The lowest BCUT2D eigenvalue weighted by Gasteiger charge is -2.25. The summed E-state index contributed by atoms with van der Waals surface area (Å²) in [5.74, 6) is -3.50. The van der Waals surface area contributed by atoms with Crippen molar-refractivity contribution >= 4 is 17.6 Å². The fraction of sp³-hybridized carbons (Fsp3) is 0.758. The summed E-state index contributed by atoms with van der Waals surface area (Å²) in [5.41, 5.74) is 1.43. The van der Waals surface area contributed by atoms with E-state index >= 15 is 0 Å². The van der Waals surface area contributed by atoms with E-state index in [4.69, 9.17) is 15.3 Å². The van der Waals surface area contributed by atoms with Crippen molar-refractivity contribution in [2.45, 2.75) is 148 Å². The zero-order valence-electron chi connectivity index (χ0n) is 25.1. The van der Waals surface area contributed by atoms with Gasteiger partial charge in [-0.25, -0.2) is 9.59 Å². The molecule has 0 saturated heterocycles. The van der Waals surface area contributed by atoms with E-state index in [-0.39, 0.29) is 0 Å². The highest BCUT2D eigenvalue weighted by molar-refractivity contribution is 5.95. The van der Waals surface area contributed by atoms with Crippen LogP contribution in [0.4, 0.5) is 5.69 Å². The number of carboxylic acids is 2. The lowest BCUT2D eigenvalue weighted by Crippen LogP contribution is -2.28. The van der Waals surface area contributed by atoms with Crippen molar-refractivity contribution in [2.75, 3.05) is 18.0 Å². The number of hydrogen-bond acceptors (Lipinski definition) is 4. The number of unbranched alkanes of at least 4 members (excludes halogenated alkanes) is 18. The average Bonchev–Trinajstić information content (AvgIpc) is 2.94. The summed E-state index contributed by atoms with van der Waals surface area (Å²) in [7, 11) is 0. The highest BCUT2D eigenvalue weighted by Gasteiger charge is 2.20. The number of carboxylic acid groups (broad SMARTS) is 2. The lowest BCUT2D eigenvalue weighted by atomic mass is 10.1. The van der Waals surface area contributed by atoms with Crippen LogP contribution in [0.5, 0.6) is 0 Å². The van der Waals surface area contributed by atoms with Gasteiger partial charge in [-0.15, -0.1) is 0 Å². The predicted molar refractivity (Wildman–Crippen MR) is 164 cm³/mol. The van der Waals surface area contributed by atoms with Crippen molar-refractivity contribution in [3.8, 4) is 0 Å². The number of aliphatic carboxylic acids is 2. The van der Waals surface area contributed by atoms with Gasteiger partial charge in [-0.2, -0.15) is 0 Å². The van der Waals surface area contributed by atoms with Crippen LogP contribution >= 0.6 is 0 Å². The van der Waals surface area contributed by atoms with E-state index in [2.05, 4.69) is 49.1 Å². The van der Waals surface area contributed by atoms with Gasteiger partial charge in [0.1, 0.15) is 0 Å². The molecule has 0 spiro atoms. The molecule has 0 radical (unpaired) electrons. The fourth-order valence-corrected chi connectivity index (χ4v) is 4.69. The first kappa shape index (κ1) is 36.9. The number of rotatable bonds is 25. The number of para-hydroxylation sites is 1. The molecule has 0 saturated carbocycles. The molecule has 6 heteroatoms. The van der Waals surface area contributed by atoms with Gasteiger partial charge in [-0.1, -0.05) is 148 Å². The molecule has 0 amide bonds. The van der Waals surface area contributed by atoms with Crippen LogP contribution in [0.15, 0.2) is 30.3 Å². The van der Waals surface area contributed by atoms with Crippen LogP contribution in [0.3, 0.4) is 0 Å². The summed E-state index contributed by atoms with van der Waals surface area (Å²) in [6, 6.07) is 11.1. The molecule has 0 unspecified atom stereocenters. The number of carbonyl (C=O) groups is 2. The molecular formula is C33H59NO5. The molecule has 1 rings (SSSR count). The van der Waals surface area contributed by atoms with Crippen LogP contribution in [0.2, 0.25) is 0 Å². The summed E-state index contributed by atoms with van der Waals surface area (Å²) in [4.78, 5) is 21.7. The third-order valence-electron chi connectivity index (χ3n) is 7.15.